The predicted octanol–water partition coefficient (Wildman–Crippen LogP) is 1.48. The smallest absolute Gasteiger partial charge is 0.356 e. The van der Waals surface area contributed by atoms with Gasteiger partial charge in [-0.05, 0) is 12.5 Å². The molecule has 162 valence electrons. The summed E-state index contributed by atoms with van der Waals surface area (Å²) in [5.41, 5.74) is 6.47. The minimum atomic E-state index is -3.61. The number of nitrogens with two attached hydrogens (primary N) is 1. The van der Waals surface area contributed by atoms with Gasteiger partial charge in [-0.1, -0.05) is 30.3 Å². The van der Waals surface area contributed by atoms with Crippen LogP contribution in [-0.2, 0) is 31.5 Å². The van der Waals surface area contributed by atoms with E-state index in [0.717, 1.165) is 5.56 Å². The number of rotatable bonds is 11. The van der Waals surface area contributed by atoms with Crippen LogP contribution in [0.5, 0.6) is 0 Å². The Labute approximate surface area is 172 Å². The Kier molecular flexibility index (Phi) is 7.35. The highest BCUT2D eigenvalue weighted by molar-refractivity contribution is 7.53. The largest absolute Gasteiger partial charge is 0.391 e. The van der Waals surface area contributed by atoms with E-state index >= 15 is 0 Å². The number of ether oxygens (including phenoxy) is 1. The van der Waals surface area contributed by atoms with Crippen molar-refractivity contribution in [3.63, 3.8) is 0 Å². The van der Waals surface area contributed by atoms with Crippen LogP contribution in [0.3, 0.4) is 0 Å². The third-order valence-corrected chi connectivity index (χ3v) is 5.57. The number of aromatic nitrogens is 4. The van der Waals surface area contributed by atoms with E-state index in [9.17, 15) is 14.5 Å². The first-order valence-corrected chi connectivity index (χ1v) is 11.0. The molecule has 12 heteroatoms. The average molecular weight is 437 g/mol. The number of aliphatic hydroxyl groups is 1. The molecule has 2 aromatic heterocycles. The number of hydrogen-bond acceptors (Lipinski definition) is 9. The number of aromatic amines is 1. The molecular weight excluding hydrogens is 413 g/mol. The number of benzene rings is 1. The van der Waals surface area contributed by atoms with Crippen LogP contribution in [0.2, 0.25) is 0 Å². The molecule has 30 heavy (non-hydrogen) atoms. The third-order valence-electron chi connectivity index (χ3n) is 4.00. The van der Waals surface area contributed by atoms with Gasteiger partial charge < -0.3 is 29.2 Å². The molecule has 0 bridgehead atoms. The molecule has 2 unspecified atom stereocenters. The maximum absolute atomic E-state index is 13.0. The number of H-pyrrole nitrogens is 1. The summed E-state index contributed by atoms with van der Waals surface area (Å²) < 4.78 is 30.9. The number of imidazole rings is 1. The van der Waals surface area contributed by atoms with Gasteiger partial charge >= 0.3 is 7.60 Å². The fourth-order valence-corrected chi connectivity index (χ4v) is 3.92. The summed E-state index contributed by atoms with van der Waals surface area (Å²) in [4.78, 5) is 22.3. The molecule has 3 aromatic rings. The normalized spacial score (nSPS) is 14.6. The lowest BCUT2D eigenvalue weighted by Gasteiger charge is -2.19. The zero-order chi connectivity index (χ0) is 21.6. The second-order valence-corrected chi connectivity index (χ2v) is 8.61. The topological polar surface area (TPSA) is 155 Å². The highest BCUT2D eigenvalue weighted by Gasteiger charge is 2.26. The van der Waals surface area contributed by atoms with Crippen LogP contribution in [0, 0.1) is 0 Å². The highest BCUT2D eigenvalue weighted by atomic mass is 31.2. The lowest BCUT2D eigenvalue weighted by Crippen LogP contribution is -2.14. The number of nitrogen functional groups attached to an aromatic ring is 1. The van der Waals surface area contributed by atoms with Crippen LogP contribution in [0.1, 0.15) is 12.5 Å². The van der Waals surface area contributed by atoms with Crippen LogP contribution in [0.4, 0.5) is 5.95 Å². The van der Waals surface area contributed by atoms with Crippen molar-refractivity contribution in [2.45, 2.75) is 26.2 Å². The van der Waals surface area contributed by atoms with Gasteiger partial charge in [0.1, 0.15) is 6.35 Å². The summed E-state index contributed by atoms with van der Waals surface area (Å²) in [6.45, 7) is 1.89. The van der Waals surface area contributed by atoms with E-state index in [1.165, 1.54) is 13.3 Å². The molecule has 2 atom stereocenters. The van der Waals surface area contributed by atoms with Gasteiger partial charge in [-0.3, -0.25) is 14.3 Å². The van der Waals surface area contributed by atoms with Crippen molar-refractivity contribution in [1.82, 2.24) is 19.5 Å². The van der Waals surface area contributed by atoms with Gasteiger partial charge in [0.15, 0.2) is 11.2 Å². The Bertz CT molecular complexity index is 1070. The number of fused-ring (bicyclic) bond motifs is 1. The van der Waals surface area contributed by atoms with Gasteiger partial charge in [0.25, 0.3) is 5.56 Å². The van der Waals surface area contributed by atoms with Crippen LogP contribution in [-0.4, -0.2) is 50.3 Å². The molecule has 11 nitrogen and oxygen atoms in total. The number of hydrogen-bond donors (Lipinski definition) is 3. The quantitative estimate of drug-likeness (QED) is 0.299. The van der Waals surface area contributed by atoms with Crippen molar-refractivity contribution in [2.24, 2.45) is 0 Å². The van der Waals surface area contributed by atoms with E-state index in [4.69, 9.17) is 19.5 Å². The average Bonchev–Trinajstić information content (AvgIpc) is 3.12. The Morgan fingerprint density at radius 3 is 2.80 bits per heavy atom. The molecule has 0 aliphatic carbocycles. The fourth-order valence-electron chi connectivity index (χ4n) is 2.55. The van der Waals surface area contributed by atoms with Gasteiger partial charge in [-0.2, -0.15) is 4.98 Å². The van der Waals surface area contributed by atoms with E-state index in [1.807, 2.05) is 30.3 Å². The van der Waals surface area contributed by atoms with Gasteiger partial charge in [-0.25, -0.2) is 4.98 Å². The zero-order valence-electron chi connectivity index (χ0n) is 16.4. The van der Waals surface area contributed by atoms with Crippen molar-refractivity contribution < 1.29 is 23.5 Å². The number of nitrogens with zero attached hydrogens (tertiary/aromatic N) is 3. The lowest BCUT2D eigenvalue weighted by molar-refractivity contribution is 0.0829. The molecule has 0 aliphatic heterocycles. The second kappa shape index (κ2) is 9.96. The molecule has 0 saturated carbocycles. The molecule has 0 aliphatic rings. The Hall–Kier alpha value is -2.56. The maximum Gasteiger partial charge on any atom is 0.356 e. The SMILES string of the molecule is CC(O)COP(=O)(COCCn1cnc2c(=O)[nH]c(N)nc21)OCc1ccccc1. The second-order valence-electron chi connectivity index (χ2n) is 6.61. The molecule has 2 heterocycles. The number of anilines is 1. The Morgan fingerprint density at radius 2 is 2.07 bits per heavy atom. The van der Waals surface area contributed by atoms with E-state index in [2.05, 4.69) is 15.0 Å². The molecule has 0 saturated heterocycles. The first-order valence-electron chi connectivity index (χ1n) is 9.25. The maximum atomic E-state index is 13.0. The molecule has 0 radical (unpaired) electrons. The first-order chi connectivity index (χ1) is 14.4. The summed E-state index contributed by atoms with van der Waals surface area (Å²) in [6, 6.07) is 9.23. The Morgan fingerprint density at radius 1 is 1.30 bits per heavy atom. The lowest BCUT2D eigenvalue weighted by atomic mass is 10.2. The minimum Gasteiger partial charge on any atom is -0.391 e. The van der Waals surface area contributed by atoms with Crippen molar-refractivity contribution in [3.8, 4) is 0 Å². The molecule has 1 aromatic carbocycles. The van der Waals surface area contributed by atoms with E-state index in [0.29, 0.717) is 12.2 Å². The van der Waals surface area contributed by atoms with Crippen molar-refractivity contribution in [3.05, 3.63) is 52.6 Å². The number of aliphatic hydroxyl groups excluding tert-OH is 1. The minimum absolute atomic E-state index is 0.0134. The molecule has 0 spiro atoms. The summed E-state index contributed by atoms with van der Waals surface area (Å²) in [7, 11) is -3.61. The monoisotopic (exact) mass is 437 g/mol. The van der Waals surface area contributed by atoms with E-state index in [1.54, 1.807) is 4.57 Å². The number of nitrogens with one attached hydrogen (secondary N) is 1. The molecule has 0 fully saturated rings. The molecular formula is C18H24N5O6P. The van der Waals surface area contributed by atoms with Gasteiger partial charge in [0, 0.05) is 6.54 Å². The zero-order valence-corrected chi connectivity index (χ0v) is 17.3. The van der Waals surface area contributed by atoms with Crippen molar-refractivity contribution >= 4 is 24.7 Å². The summed E-state index contributed by atoms with van der Waals surface area (Å²) in [5.74, 6) is -0.0134. The standard InChI is InChI=1S/C18H24N5O6P/c1-13(24)9-28-30(26,29-10-14-5-3-2-4-6-14)12-27-8-7-23-11-20-15-16(23)21-18(19)22-17(15)25/h2-6,11,13,24H,7-10,12H2,1H3,(H3,19,21,22,25). The fraction of sp³-hybridized carbons (Fsp3) is 0.389. The third kappa shape index (κ3) is 5.97. The van der Waals surface area contributed by atoms with E-state index in [-0.39, 0.29) is 37.6 Å². The summed E-state index contributed by atoms with van der Waals surface area (Å²) in [6.07, 6.45) is 0.353. The summed E-state index contributed by atoms with van der Waals surface area (Å²) in [5, 5.41) is 9.44. The first kappa shape index (κ1) is 22.1. The van der Waals surface area contributed by atoms with Crippen LogP contribution >= 0.6 is 7.60 Å². The molecule has 0 amide bonds. The van der Waals surface area contributed by atoms with Gasteiger partial charge in [0.05, 0.1) is 32.3 Å². The van der Waals surface area contributed by atoms with E-state index < -0.39 is 19.3 Å². The van der Waals surface area contributed by atoms with Crippen molar-refractivity contribution in [1.29, 1.82) is 0 Å². The molecule has 3 rings (SSSR count). The predicted molar refractivity (Wildman–Crippen MR) is 110 cm³/mol. The van der Waals surface area contributed by atoms with Crippen LogP contribution < -0.4 is 11.3 Å². The van der Waals surface area contributed by atoms with Crippen LogP contribution in [0.15, 0.2) is 41.5 Å². The summed E-state index contributed by atoms with van der Waals surface area (Å²) >= 11 is 0. The van der Waals surface area contributed by atoms with Crippen LogP contribution in [0.25, 0.3) is 11.2 Å². The van der Waals surface area contributed by atoms with Crippen molar-refractivity contribution in [2.75, 3.05) is 25.3 Å². The highest BCUT2D eigenvalue weighted by Crippen LogP contribution is 2.49. The van der Waals surface area contributed by atoms with Gasteiger partial charge in [0.2, 0.25) is 5.95 Å². The molecule has 4 N–H and O–H groups in total. The Balaban J connectivity index is 1.58. The van der Waals surface area contributed by atoms with Gasteiger partial charge in [-0.15, -0.1) is 0 Å².